The maximum atomic E-state index is 14.5. The molecule has 1 unspecified atom stereocenters. The van der Waals surface area contributed by atoms with E-state index in [0.717, 1.165) is 5.56 Å². The second kappa shape index (κ2) is 14.9. The summed E-state index contributed by atoms with van der Waals surface area (Å²) in [6, 6.07) is 16.7. The van der Waals surface area contributed by atoms with Gasteiger partial charge in [-0.2, -0.15) is 0 Å². The van der Waals surface area contributed by atoms with E-state index in [2.05, 4.69) is 5.32 Å². The molecule has 0 bridgehead atoms. The molecule has 2 heterocycles. The molecule has 0 radical (unpaired) electrons. The number of piperazine rings is 1. The third kappa shape index (κ3) is 7.18. The van der Waals surface area contributed by atoms with Gasteiger partial charge in [0.15, 0.2) is 0 Å². The molecule has 4 amide bonds. The number of hydrogen-bond donors (Lipinski definition) is 1. The Hall–Kier alpha value is -3.73. The fourth-order valence-electron chi connectivity index (χ4n) is 5.40. The summed E-state index contributed by atoms with van der Waals surface area (Å²) in [4.78, 5) is 58.6. The van der Waals surface area contributed by atoms with Crippen molar-refractivity contribution in [3.8, 4) is 0 Å². The summed E-state index contributed by atoms with van der Waals surface area (Å²) < 4.78 is 5.11. The third-order valence-electron chi connectivity index (χ3n) is 7.33. The first-order chi connectivity index (χ1) is 19.7. The first-order valence-corrected chi connectivity index (χ1v) is 14.0. The van der Waals surface area contributed by atoms with Gasteiger partial charge in [0.05, 0.1) is 5.70 Å². The summed E-state index contributed by atoms with van der Waals surface area (Å²) in [5.41, 5.74) is 1.81. The van der Waals surface area contributed by atoms with Gasteiger partial charge < -0.3 is 19.9 Å². The zero-order chi connectivity index (χ0) is 29.5. The van der Waals surface area contributed by atoms with Crippen LogP contribution in [0.25, 0.3) is 5.70 Å². The van der Waals surface area contributed by atoms with Gasteiger partial charge >= 0.3 is 0 Å². The summed E-state index contributed by atoms with van der Waals surface area (Å²) in [5, 5.41) is 5.88. The van der Waals surface area contributed by atoms with Crippen LogP contribution < -0.4 is 5.32 Å². The number of methoxy groups -OCH3 is 1. The highest BCUT2D eigenvalue weighted by molar-refractivity contribution is 5.99. The molecule has 2 aromatic carbocycles. The highest BCUT2D eigenvalue weighted by Crippen LogP contribution is 2.33. The van der Waals surface area contributed by atoms with Crippen LogP contribution in [0.15, 0.2) is 66.9 Å². The number of nitrogens with zero attached hydrogens (tertiary/aromatic N) is 4. The largest absolute Gasteiger partial charge is 0.375 e. The number of ether oxygens (including phenoxy) is 1. The molecule has 2 aliphatic rings. The lowest BCUT2D eigenvalue weighted by molar-refractivity contribution is -0.171. The minimum atomic E-state index is -0.988. The molecule has 4 rings (SSSR count). The van der Waals surface area contributed by atoms with Crippen molar-refractivity contribution in [2.75, 3.05) is 39.9 Å². The predicted molar refractivity (Wildman–Crippen MR) is 162 cm³/mol. The van der Waals surface area contributed by atoms with Crippen molar-refractivity contribution in [1.29, 1.82) is 0 Å². The smallest absolute Gasteiger partial charge is 0.269 e. The lowest BCUT2D eigenvalue weighted by Crippen LogP contribution is -2.65. The Bertz CT molecular complexity index is 1270. The van der Waals surface area contributed by atoms with Crippen LogP contribution in [0, 0.1) is 5.92 Å². The lowest BCUT2D eigenvalue weighted by atomic mass is 9.97. The van der Waals surface area contributed by atoms with Crippen LogP contribution in [0.1, 0.15) is 31.9 Å². The number of rotatable bonds is 9. The summed E-state index contributed by atoms with van der Waals surface area (Å²) in [7, 11) is 1.43. The number of halogens is 1. The van der Waals surface area contributed by atoms with Crippen molar-refractivity contribution in [1.82, 2.24) is 25.1 Å². The van der Waals surface area contributed by atoms with Gasteiger partial charge in [0, 0.05) is 58.4 Å². The molecule has 42 heavy (non-hydrogen) atoms. The molecule has 2 atom stereocenters. The van der Waals surface area contributed by atoms with Crippen molar-refractivity contribution in [2.45, 2.75) is 39.3 Å². The number of nitrogens with one attached hydrogen (secondary N) is 1. The van der Waals surface area contributed by atoms with E-state index in [1.165, 1.54) is 29.0 Å². The minimum absolute atomic E-state index is 0. The summed E-state index contributed by atoms with van der Waals surface area (Å²) in [6.07, 6.45) is 1.82. The highest BCUT2D eigenvalue weighted by atomic mass is 35.5. The first-order valence-electron chi connectivity index (χ1n) is 14.0. The van der Waals surface area contributed by atoms with Crippen LogP contribution in [-0.2, 0) is 30.3 Å². The molecule has 11 heteroatoms. The fourth-order valence-corrected chi connectivity index (χ4v) is 5.40. The van der Waals surface area contributed by atoms with E-state index in [0.29, 0.717) is 37.4 Å². The molecule has 0 spiro atoms. The van der Waals surface area contributed by atoms with Crippen molar-refractivity contribution < 1.29 is 23.9 Å². The number of benzene rings is 2. The average molecular weight is 598 g/mol. The number of carbonyl (C=O) groups is 4. The number of hydrazine groups is 1. The Kier molecular flexibility index (Phi) is 11.7. The van der Waals surface area contributed by atoms with Gasteiger partial charge in [0.2, 0.25) is 11.8 Å². The zero-order valence-corrected chi connectivity index (χ0v) is 25.4. The van der Waals surface area contributed by atoms with Gasteiger partial charge in [-0.25, -0.2) is 10.0 Å². The van der Waals surface area contributed by atoms with E-state index < -0.39 is 23.9 Å². The van der Waals surface area contributed by atoms with E-state index in [9.17, 15) is 19.2 Å². The maximum Gasteiger partial charge on any atom is 0.269 e. The molecule has 0 aromatic heterocycles. The Balaban J connectivity index is 0.00000484. The van der Waals surface area contributed by atoms with Crippen LogP contribution in [-0.4, -0.2) is 95.4 Å². The van der Waals surface area contributed by atoms with Crippen LogP contribution >= 0.6 is 12.4 Å². The Labute approximate surface area is 253 Å². The molecule has 1 saturated heterocycles. The fraction of sp³-hybridized carbons (Fsp3) is 0.419. The van der Waals surface area contributed by atoms with Gasteiger partial charge in [0.1, 0.15) is 18.7 Å². The normalized spacial score (nSPS) is 17.8. The van der Waals surface area contributed by atoms with Crippen LogP contribution in [0.4, 0.5) is 0 Å². The summed E-state index contributed by atoms with van der Waals surface area (Å²) in [6.45, 7) is 7.15. The van der Waals surface area contributed by atoms with Gasteiger partial charge in [-0.15, -0.1) is 12.4 Å². The molecule has 226 valence electrons. The first kappa shape index (κ1) is 32.8. The van der Waals surface area contributed by atoms with Gasteiger partial charge in [-0.05, 0) is 11.5 Å². The monoisotopic (exact) mass is 597 g/mol. The van der Waals surface area contributed by atoms with Crippen molar-refractivity contribution in [2.24, 2.45) is 5.92 Å². The van der Waals surface area contributed by atoms with E-state index >= 15 is 0 Å². The van der Waals surface area contributed by atoms with Gasteiger partial charge in [-0.1, -0.05) is 74.5 Å². The SMILES string of the molecule is COCC(=O)N1C=C(c2ccccc2)N(N(C(C)=O)[C@@H](Cc2ccccc2)C(=O)N2CCNCC2)C(=O)C1C(C)C.Cl. The summed E-state index contributed by atoms with van der Waals surface area (Å²) in [5.74, 6) is -1.81. The van der Waals surface area contributed by atoms with E-state index in [1.54, 1.807) is 11.1 Å². The number of amides is 4. The molecule has 2 aromatic rings. The van der Waals surface area contributed by atoms with Gasteiger partial charge in [0.25, 0.3) is 11.8 Å². The lowest BCUT2D eigenvalue weighted by Gasteiger charge is -2.47. The number of hydrogen-bond acceptors (Lipinski definition) is 6. The molecular formula is C31H40ClN5O5. The van der Waals surface area contributed by atoms with Crippen LogP contribution in [0.2, 0.25) is 0 Å². The molecule has 1 N–H and O–H groups in total. The van der Waals surface area contributed by atoms with Crippen molar-refractivity contribution in [3.63, 3.8) is 0 Å². The second-order valence-electron chi connectivity index (χ2n) is 10.6. The van der Waals surface area contributed by atoms with E-state index in [1.807, 2.05) is 74.5 Å². The molecule has 0 saturated carbocycles. The Morgan fingerprint density at radius 2 is 1.60 bits per heavy atom. The molecule has 1 fully saturated rings. The van der Waals surface area contributed by atoms with Crippen molar-refractivity contribution in [3.05, 3.63) is 78.0 Å². The zero-order valence-electron chi connectivity index (χ0n) is 24.6. The number of carbonyl (C=O) groups excluding carboxylic acids is 4. The molecule has 10 nitrogen and oxygen atoms in total. The standard InChI is InChI=1S/C31H39N5O5.ClH/c1-22(2)29-31(40)36(27(25-13-9-6-10-14-25)20-34(29)28(38)21-41-4)35(23(3)37)26(19-24-11-7-5-8-12-24)30(39)33-17-15-32-16-18-33;/h5-14,20,22,26,29,32H,15-19,21H2,1-4H3;1H/t26-,29?;/m0./s1. The average Bonchev–Trinajstić information content (AvgIpc) is 2.98. The third-order valence-corrected chi connectivity index (χ3v) is 7.33. The van der Waals surface area contributed by atoms with Gasteiger partial charge in [-0.3, -0.25) is 19.2 Å². The van der Waals surface area contributed by atoms with Crippen molar-refractivity contribution >= 4 is 41.7 Å². The Morgan fingerprint density at radius 3 is 2.14 bits per heavy atom. The maximum absolute atomic E-state index is 14.5. The quantitative estimate of drug-likeness (QED) is 0.477. The van der Waals surface area contributed by atoms with Crippen LogP contribution in [0.3, 0.4) is 0 Å². The van der Waals surface area contributed by atoms with E-state index in [4.69, 9.17) is 4.74 Å². The summed E-state index contributed by atoms with van der Waals surface area (Å²) >= 11 is 0. The predicted octanol–water partition coefficient (Wildman–Crippen LogP) is 2.56. The molecular weight excluding hydrogens is 558 g/mol. The minimum Gasteiger partial charge on any atom is -0.375 e. The second-order valence-corrected chi connectivity index (χ2v) is 10.6. The van der Waals surface area contributed by atoms with Crippen LogP contribution in [0.5, 0.6) is 0 Å². The topological polar surface area (TPSA) is 102 Å². The van der Waals surface area contributed by atoms with E-state index in [-0.39, 0.29) is 43.2 Å². The highest BCUT2D eigenvalue weighted by Gasteiger charge is 2.47. The Morgan fingerprint density at radius 1 is 1.00 bits per heavy atom. The molecule has 2 aliphatic heterocycles. The molecule has 0 aliphatic carbocycles.